The van der Waals surface area contributed by atoms with E-state index in [1.807, 2.05) is 0 Å². The molecule has 0 fully saturated rings. The molecule has 1 aromatic heterocycles. The summed E-state index contributed by atoms with van der Waals surface area (Å²) >= 11 is 0. The van der Waals surface area contributed by atoms with Crippen LogP contribution in [0.3, 0.4) is 0 Å². The molecule has 1 aliphatic rings. The Morgan fingerprint density at radius 1 is 1.28 bits per heavy atom. The van der Waals surface area contributed by atoms with E-state index >= 15 is 0 Å². The van der Waals surface area contributed by atoms with Crippen LogP contribution in [-0.2, 0) is 13.0 Å². The van der Waals surface area contributed by atoms with Crippen molar-refractivity contribution in [1.29, 1.82) is 0 Å². The van der Waals surface area contributed by atoms with Gasteiger partial charge in [-0.15, -0.1) is 0 Å². The summed E-state index contributed by atoms with van der Waals surface area (Å²) in [4.78, 5) is 0. The minimum absolute atomic E-state index is 0.599. The van der Waals surface area contributed by atoms with E-state index in [-0.39, 0.29) is 0 Å². The van der Waals surface area contributed by atoms with E-state index in [2.05, 4.69) is 43.0 Å². The summed E-state index contributed by atoms with van der Waals surface area (Å²) in [5.74, 6) is 0.830. The molecule has 1 aliphatic carbocycles. The average Bonchev–Trinajstić information content (AvgIpc) is 2.80. The van der Waals surface area contributed by atoms with Crippen LogP contribution in [-0.4, -0.2) is 11.1 Å². The molecule has 1 heterocycles. The van der Waals surface area contributed by atoms with Crippen molar-refractivity contribution in [1.82, 2.24) is 9.88 Å². The van der Waals surface area contributed by atoms with Crippen LogP contribution in [0.1, 0.15) is 63.6 Å². The van der Waals surface area contributed by atoms with Gasteiger partial charge in [0.1, 0.15) is 0 Å². The van der Waals surface area contributed by atoms with Gasteiger partial charge in [-0.2, -0.15) is 0 Å². The third-order valence-corrected chi connectivity index (χ3v) is 4.39. The molecule has 0 saturated carbocycles. The van der Waals surface area contributed by atoms with Crippen LogP contribution in [0, 0.1) is 5.92 Å². The Bertz CT molecular complexity index is 363. The lowest BCUT2D eigenvalue weighted by atomic mass is 9.91. The molecule has 18 heavy (non-hydrogen) atoms. The molecular formula is C16H28N2. The Hall–Kier alpha value is -0.760. The highest BCUT2D eigenvalue weighted by atomic mass is 15.0. The maximum atomic E-state index is 3.62. The number of nitrogens with one attached hydrogen (secondary N) is 1. The molecule has 2 rings (SSSR count). The van der Waals surface area contributed by atoms with Gasteiger partial charge in [-0.1, -0.05) is 33.6 Å². The summed E-state index contributed by atoms with van der Waals surface area (Å²) < 4.78 is 2.44. The van der Waals surface area contributed by atoms with Gasteiger partial charge in [0.25, 0.3) is 0 Å². The first kappa shape index (κ1) is 13.7. The quantitative estimate of drug-likeness (QED) is 0.807. The van der Waals surface area contributed by atoms with Gasteiger partial charge >= 0.3 is 0 Å². The SMILES string of the molecule is CCNC1CCCc2cn(CC(CC)CC)cc21. The van der Waals surface area contributed by atoms with E-state index in [1.165, 1.54) is 38.6 Å². The topological polar surface area (TPSA) is 17.0 Å². The second-order valence-electron chi connectivity index (χ2n) is 5.62. The highest BCUT2D eigenvalue weighted by Crippen LogP contribution is 2.30. The maximum absolute atomic E-state index is 3.62. The first-order valence-electron chi connectivity index (χ1n) is 7.70. The van der Waals surface area contributed by atoms with Crippen LogP contribution >= 0.6 is 0 Å². The molecule has 0 bridgehead atoms. The fourth-order valence-corrected chi connectivity index (χ4v) is 3.16. The van der Waals surface area contributed by atoms with Crippen molar-refractivity contribution < 1.29 is 0 Å². The second-order valence-corrected chi connectivity index (χ2v) is 5.62. The predicted octanol–water partition coefficient (Wildman–Crippen LogP) is 3.91. The molecule has 0 saturated heterocycles. The van der Waals surface area contributed by atoms with E-state index in [0.717, 1.165) is 12.5 Å². The molecule has 2 nitrogen and oxygen atoms in total. The van der Waals surface area contributed by atoms with Crippen molar-refractivity contribution in [3.63, 3.8) is 0 Å². The number of hydrogen-bond acceptors (Lipinski definition) is 1. The van der Waals surface area contributed by atoms with Crippen molar-refractivity contribution in [2.75, 3.05) is 6.54 Å². The van der Waals surface area contributed by atoms with Gasteiger partial charge in [-0.05, 0) is 42.9 Å². The fraction of sp³-hybridized carbons (Fsp3) is 0.750. The molecule has 0 radical (unpaired) electrons. The summed E-state index contributed by atoms with van der Waals surface area (Å²) in [5.41, 5.74) is 3.15. The summed E-state index contributed by atoms with van der Waals surface area (Å²) in [6.45, 7) is 9.08. The number of fused-ring (bicyclic) bond motifs is 1. The zero-order valence-corrected chi connectivity index (χ0v) is 12.2. The summed E-state index contributed by atoms with van der Waals surface area (Å²) in [6, 6.07) is 0.599. The van der Waals surface area contributed by atoms with Gasteiger partial charge in [-0.3, -0.25) is 0 Å². The zero-order chi connectivity index (χ0) is 13.0. The van der Waals surface area contributed by atoms with Crippen LogP contribution in [0.5, 0.6) is 0 Å². The molecule has 1 aromatic rings. The van der Waals surface area contributed by atoms with Crippen molar-refractivity contribution >= 4 is 0 Å². The average molecular weight is 248 g/mol. The summed E-state index contributed by atoms with van der Waals surface area (Å²) in [5, 5.41) is 3.62. The van der Waals surface area contributed by atoms with Crippen molar-refractivity contribution in [2.45, 2.75) is 65.5 Å². The number of rotatable bonds is 6. The number of hydrogen-bond donors (Lipinski definition) is 1. The maximum Gasteiger partial charge on any atom is 0.0338 e. The lowest BCUT2D eigenvalue weighted by Crippen LogP contribution is -2.23. The number of aromatic nitrogens is 1. The van der Waals surface area contributed by atoms with Gasteiger partial charge in [0.2, 0.25) is 0 Å². The lowest BCUT2D eigenvalue weighted by Gasteiger charge is -2.22. The minimum atomic E-state index is 0.599. The Balaban J connectivity index is 2.11. The molecule has 0 aromatic carbocycles. The summed E-state index contributed by atoms with van der Waals surface area (Å²) in [6.07, 6.45) is 11.3. The van der Waals surface area contributed by atoms with Crippen LogP contribution in [0.2, 0.25) is 0 Å². The Morgan fingerprint density at radius 3 is 2.72 bits per heavy atom. The third kappa shape index (κ3) is 2.97. The van der Waals surface area contributed by atoms with Crippen LogP contribution in [0.25, 0.3) is 0 Å². The highest BCUT2D eigenvalue weighted by molar-refractivity contribution is 5.30. The molecule has 1 N–H and O–H groups in total. The molecule has 0 aliphatic heterocycles. The predicted molar refractivity (Wildman–Crippen MR) is 77.9 cm³/mol. The zero-order valence-electron chi connectivity index (χ0n) is 12.2. The molecule has 102 valence electrons. The van der Waals surface area contributed by atoms with Crippen LogP contribution < -0.4 is 5.32 Å². The summed E-state index contributed by atoms with van der Waals surface area (Å²) in [7, 11) is 0. The van der Waals surface area contributed by atoms with Crippen LogP contribution in [0.4, 0.5) is 0 Å². The Morgan fingerprint density at radius 2 is 2.06 bits per heavy atom. The van der Waals surface area contributed by atoms with E-state index < -0.39 is 0 Å². The normalized spacial score (nSPS) is 19.2. The molecule has 0 spiro atoms. The van der Waals surface area contributed by atoms with E-state index in [1.54, 1.807) is 11.1 Å². The fourth-order valence-electron chi connectivity index (χ4n) is 3.16. The van der Waals surface area contributed by atoms with Gasteiger partial charge < -0.3 is 9.88 Å². The van der Waals surface area contributed by atoms with Gasteiger partial charge in [0.15, 0.2) is 0 Å². The third-order valence-electron chi connectivity index (χ3n) is 4.39. The minimum Gasteiger partial charge on any atom is -0.353 e. The smallest absolute Gasteiger partial charge is 0.0338 e. The van der Waals surface area contributed by atoms with Crippen molar-refractivity contribution in [3.8, 4) is 0 Å². The van der Waals surface area contributed by atoms with Gasteiger partial charge in [0.05, 0.1) is 0 Å². The van der Waals surface area contributed by atoms with E-state index in [0.29, 0.717) is 6.04 Å². The molecule has 1 atom stereocenters. The Labute approximate surface area is 112 Å². The molecular weight excluding hydrogens is 220 g/mol. The standard InChI is InChI=1S/C16H28N2/c1-4-13(5-2)10-18-11-14-8-7-9-16(17-6-3)15(14)12-18/h11-13,16-17H,4-10H2,1-3H3. The van der Waals surface area contributed by atoms with Crippen molar-refractivity contribution in [2.24, 2.45) is 5.92 Å². The Kier molecular flexibility index (Phi) is 4.87. The molecule has 1 unspecified atom stereocenters. The lowest BCUT2D eigenvalue weighted by molar-refractivity contribution is 0.418. The first-order valence-corrected chi connectivity index (χ1v) is 7.70. The first-order chi connectivity index (χ1) is 8.78. The largest absolute Gasteiger partial charge is 0.353 e. The van der Waals surface area contributed by atoms with Gasteiger partial charge in [0, 0.05) is 25.0 Å². The number of nitrogens with zero attached hydrogens (tertiary/aromatic N) is 1. The van der Waals surface area contributed by atoms with Crippen molar-refractivity contribution in [3.05, 3.63) is 23.5 Å². The molecule has 0 amide bonds. The highest BCUT2D eigenvalue weighted by Gasteiger charge is 2.21. The number of aryl methyl sites for hydroxylation is 1. The van der Waals surface area contributed by atoms with E-state index in [4.69, 9.17) is 0 Å². The molecule has 2 heteroatoms. The van der Waals surface area contributed by atoms with Crippen LogP contribution in [0.15, 0.2) is 12.4 Å². The van der Waals surface area contributed by atoms with E-state index in [9.17, 15) is 0 Å². The monoisotopic (exact) mass is 248 g/mol. The second kappa shape index (κ2) is 6.42. The van der Waals surface area contributed by atoms with Gasteiger partial charge in [-0.25, -0.2) is 0 Å².